The van der Waals surface area contributed by atoms with Crippen LogP contribution in [-0.4, -0.2) is 19.1 Å². The summed E-state index contributed by atoms with van der Waals surface area (Å²) in [5.41, 5.74) is 4.00. The molecule has 1 fully saturated rings. The van der Waals surface area contributed by atoms with Crippen molar-refractivity contribution in [3.05, 3.63) is 78.1 Å². The zero-order valence-corrected chi connectivity index (χ0v) is 20.8. The minimum Gasteiger partial charge on any atom is -0.307 e. The smallest absolute Gasteiger partial charge is 0.198 e. The highest BCUT2D eigenvalue weighted by molar-refractivity contribution is 5.91. The Labute approximate surface area is 211 Å². The van der Waals surface area contributed by atoms with E-state index < -0.39 is 12.4 Å². The molecule has 1 aliphatic rings. The van der Waals surface area contributed by atoms with Gasteiger partial charge in [-0.25, -0.2) is 9.97 Å². The van der Waals surface area contributed by atoms with Gasteiger partial charge in [0.2, 0.25) is 0 Å². The van der Waals surface area contributed by atoms with Crippen molar-refractivity contribution in [2.75, 3.05) is 0 Å². The van der Waals surface area contributed by atoms with Crippen molar-refractivity contribution in [3.8, 4) is 17.1 Å². The van der Waals surface area contributed by atoms with Crippen LogP contribution in [0.1, 0.15) is 74.3 Å². The van der Waals surface area contributed by atoms with E-state index in [1.165, 1.54) is 48.4 Å². The number of aryl methyl sites for hydroxylation is 1. The van der Waals surface area contributed by atoms with Gasteiger partial charge < -0.3 is 4.57 Å². The van der Waals surface area contributed by atoms with Crippen LogP contribution in [0.4, 0.5) is 0 Å². The number of para-hydroxylation sites is 1. The number of hydrogen-bond acceptors (Lipinski definition) is 2. The topological polar surface area (TPSA) is 35.6 Å². The van der Waals surface area contributed by atoms with Gasteiger partial charge in [0, 0.05) is 20.9 Å². The maximum absolute atomic E-state index is 8.20. The summed E-state index contributed by atoms with van der Waals surface area (Å²) in [6, 6.07) is 23.3. The average Bonchev–Trinajstić information content (AvgIpc) is 3.46. The summed E-state index contributed by atoms with van der Waals surface area (Å²) in [5.74, 6) is 1.39. The van der Waals surface area contributed by atoms with Gasteiger partial charge in [-0.2, -0.15) is 0 Å². The van der Waals surface area contributed by atoms with E-state index in [1.807, 2.05) is 55.7 Å². The van der Waals surface area contributed by atoms with E-state index in [4.69, 9.17) is 9.10 Å². The second-order valence-corrected chi connectivity index (χ2v) is 10.8. The fraction of sp³-hybridized carbons (Fsp3) is 0.355. The first-order valence-electron chi connectivity index (χ1n) is 14.2. The van der Waals surface area contributed by atoms with Crippen molar-refractivity contribution >= 4 is 22.1 Å². The Kier molecular flexibility index (Phi) is 4.51. The lowest BCUT2D eigenvalue weighted by atomic mass is 9.81. The summed E-state index contributed by atoms with van der Waals surface area (Å²) in [7, 11) is 0. The largest absolute Gasteiger partial charge is 0.307 e. The fourth-order valence-corrected chi connectivity index (χ4v) is 5.80. The number of fused-ring (bicyclic) bond motifs is 2. The molecule has 0 saturated heterocycles. The number of hydrogen-bond donors (Lipinski definition) is 0. The van der Waals surface area contributed by atoms with Crippen LogP contribution in [0, 0.1) is 6.85 Å². The van der Waals surface area contributed by atoms with Crippen LogP contribution >= 0.6 is 0 Å². The van der Waals surface area contributed by atoms with Crippen molar-refractivity contribution in [3.63, 3.8) is 0 Å². The number of aromatic nitrogens is 4. The van der Waals surface area contributed by atoms with E-state index in [0.29, 0.717) is 17.2 Å². The molecule has 0 aliphatic heterocycles. The van der Waals surface area contributed by atoms with Gasteiger partial charge >= 0.3 is 0 Å². The zero-order chi connectivity index (χ0) is 26.7. The Balaban J connectivity index is 1.68. The number of rotatable bonds is 3. The van der Waals surface area contributed by atoms with E-state index in [1.54, 1.807) is 0 Å². The van der Waals surface area contributed by atoms with Crippen molar-refractivity contribution in [2.45, 2.75) is 71.2 Å². The first kappa shape index (κ1) is 18.9. The summed E-state index contributed by atoms with van der Waals surface area (Å²) >= 11 is 0. The van der Waals surface area contributed by atoms with Crippen molar-refractivity contribution in [1.82, 2.24) is 19.1 Å². The minimum absolute atomic E-state index is 0.0696. The molecule has 4 nitrogen and oxygen atoms in total. The molecule has 0 amide bonds. The lowest BCUT2D eigenvalue weighted by Crippen LogP contribution is -2.24. The van der Waals surface area contributed by atoms with Gasteiger partial charge in [-0.05, 0) is 87.0 Å². The molecule has 0 radical (unpaired) electrons. The number of nitrogens with zero attached hydrogens (tertiary/aromatic N) is 4. The molecule has 5 aromatic rings. The van der Waals surface area contributed by atoms with Gasteiger partial charge in [-0.3, -0.25) is 4.57 Å². The predicted octanol–water partition coefficient (Wildman–Crippen LogP) is 8.15. The predicted molar refractivity (Wildman–Crippen MR) is 145 cm³/mol. The summed E-state index contributed by atoms with van der Waals surface area (Å²) in [5, 5.41) is 2.51. The normalized spacial score (nSPS) is 16.9. The van der Waals surface area contributed by atoms with Crippen LogP contribution in [0.2, 0.25) is 0 Å². The van der Waals surface area contributed by atoms with Crippen LogP contribution in [0.25, 0.3) is 39.1 Å². The van der Waals surface area contributed by atoms with Crippen LogP contribution < -0.4 is 0 Å². The van der Waals surface area contributed by atoms with E-state index in [-0.39, 0.29) is 5.82 Å². The molecule has 2 aromatic heterocycles. The van der Waals surface area contributed by atoms with Crippen molar-refractivity contribution in [1.29, 1.82) is 0 Å². The lowest BCUT2D eigenvalue weighted by molar-refractivity contribution is 0.396. The first-order chi connectivity index (χ1) is 18.1. The SMILES string of the molecule is [2H]C([2H])([2H])c1nc2nc(-c3cc(C4CCCCC4)c4ccccc4c3)n(-c3ccccc3)c2n1C(C)(C)C. The first-order valence-corrected chi connectivity index (χ1v) is 12.7. The van der Waals surface area contributed by atoms with Crippen molar-refractivity contribution in [2.24, 2.45) is 0 Å². The van der Waals surface area contributed by atoms with Crippen LogP contribution in [-0.2, 0) is 5.54 Å². The van der Waals surface area contributed by atoms with Gasteiger partial charge in [-0.1, -0.05) is 61.7 Å². The highest BCUT2D eigenvalue weighted by Crippen LogP contribution is 2.40. The Morgan fingerprint density at radius 3 is 2.37 bits per heavy atom. The molecular weight excluding hydrogens is 428 g/mol. The molecule has 0 N–H and O–H groups in total. The Morgan fingerprint density at radius 1 is 0.886 bits per heavy atom. The number of benzene rings is 3. The molecule has 178 valence electrons. The highest BCUT2D eigenvalue weighted by atomic mass is 15.3. The van der Waals surface area contributed by atoms with Crippen LogP contribution in [0.3, 0.4) is 0 Å². The van der Waals surface area contributed by atoms with Crippen molar-refractivity contribution < 1.29 is 4.11 Å². The molecular formula is C31H34N4. The molecule has 6 rings (SSSR count). The average molecular weight is 466 g/mol. The quantitative estimate of drug-likeness (QED) is 0.269. The molecule has 1 aliphatic carbocycles. The van der Waals surface area contributed by atoms with E-state index in [9.17, 15) is 0 Å². The molecule has 35 heavy (non-hydrogen) atoms. The Bertz CT molecular complexity index is 1610. The molecule has 4 heteroatoms. The van der Waals surface area contributed by atoms with Gasteiger partial charge in [-0.15, -0.1) is 0 Å². The fourth-order valence-electron chi connectivity index (χ4n) is 5.80. The summed E-state index contributed by atoms with van der Waals surface area (Å²) in [6.45, 7) is 3.69. The Morgan fingerprint density at radius 2 is 1.63 bits per heavy atom. The van der Waals surface area contributed by atoms with Gasteiger partial charge in [0.25, 0.3) is 0 Å². The Hall–Kier alpha value is -3.40. The molecule has 0 spiro atoms. The minimum atomic E-state index is -2.35. The van der Waals surface area contributed by atoms with E-state index in [0.717, 1.165) is 17.1 Å². The second kappa shape index (κ2) is 8.37. The van der Waals surface area contributed by atoms with E-state index >= 15 is 0 Å². The second-order valence-electron chi connectivity index (χ2n) is 10.8. The molecule has 0 unspecified atom stereocenters. The molecule has 3 aromatic carbocycles. The van der Waals surface area contributed by atoms with Crippen LogP contribution in [0.15, 0.2) is 66.7 Å². The summed E-state index contributed by atoms with van der Waals surface area (Å²) in [6.07, 6.45) is 6.26. The van der Waals surface area contributed by atoms with E-state index in [2.05, 4.69) is 45.9 Å². The molecule has 0 atom stereocenters. The maximum atomic E-state index is 8.20. The third kappa shape index (κ3) is 3.76. The molecule has 0 bridgehead atoms. The number of imidazole rings is 2. The van der Waals surface area contributed by atoms with Gasteiger partial charge in [0.05, 0.1) is 0 Å². The standard InChI is InChI=1S/C31H34N4/c1-21-32-28-30(35(21)31(2,3)4)34(25-16-9-6-10-17-25)29(33-28)24-19-23-15-11-12-18-26(23)27(20-24)22-13-7-5-8-14-22/h6,9-12,15-20,22H,5,7-8,13-14H2,1-4H3/i1D3. The monoisotopic (exact) mass is 465 g/mol. The lowest BCUT2D eigenvalue weighted by Gasteiger charge is -2.25. The zero-order valence-electron chi connectivity index (χ0n) is 23.8. The summed E-state index contributed by atoms with van der Waals surface area (Å²) < 4.78 is 28.6. The van der Waals surface area contributed by atoms with Gasteiger partial charge in [0.15, 0.2) is 11.3 Å². The third-order valence-corrected chi connectivity index (χ3v) is 7.35. The maximum Gasteiger partial charge on any atom is 0.198 e. The third-order valence-electron chi connectivity index (χ3n) is 7.35. The molecule has 1 saturated carbocycles. The van der Waals surface area contributed by atoms with Gasteiger partial charge in [0.1, 0.15) is 11.6 Å². The highest BCUT2D eigenvalue weighted by Gasteiger charge is 2.27. The summed E-state index contributed by atoms with van der Waals surface area (Å²) in [4.78, 5) is 9.67. The van der Waals surface area contributed by atoms with Crippen LogP contribution in [0.5, 0.6) is 0 Å². The molecule has 2 heterocycles.